The summed E-state index contributed by atoms with van der Waals surface area (Å²) in [5, 5.41) is 2.56. The number of anilines is 2. The van der Waals surface area contributed by atoms with E-state index in [4.69, 9.17) is 16.2 Å². The third kappa shape index (κ3) is 2.73. The molecule has 0 atom stereocenters. The van der Waals surface area contributed by atoms with Crippen molar-refractivity contribution in [1.82, 2.24) is 4.98 Å². The summed E-state index contributed by atoms with van der Waals surface area (Å²) in [6.07, 6.45) is 1.66. The summed E-state index contributed by atoms with van der Waals surface area (Å²) in [7, 11) is 0. The number of nitrogens with zero attached hydrogens (tertiary/aromatic N) is 1. The van der Waals surface area contributed by atoms with Crippen LogP contribution >= 0.6 is 11.3 Å². The van der Waals surface area contributed by atoms with Gasteiger partial charge in [0.1, 0.15) is 11.6 Å². The maximum atomic E-state index is 11.7. The standard InChI is InChI=1S/C11H11N3O2S/c12-7-1-2-8(9(13)5-7)11(15)16-6-10-14-3-4-17-10/h1-5H,6,12-13H2. The molecule has 2 rings (SSSR count). The molecule has 1 aromatic heterocycles. The molecule has 0 aliphatic heterocycles. The Kier molecular flexibility index (Phi) is 3.24. The van der Waals surface area contributed by atoms with Crippen molar-refractivity contribution in [3.63, 3.8) is 0 Å². The monoisotopic (exact) mass is 249 g/mol. The molecule has 0 spiro atoms. The third-order valence-electron chi connectivity index (χ3n) is 2.11. The summed E-state index contributed by atoms with van der Waals surface area (Å²) in [6, 6.07) is 4.69. The van der Waals surface area contributed by atoms with Gasteiger partial charge in [0.15, 0.2) is 0 Å². The van der Waals surface area contributed by atoms with Gasteiger partial charge in [-0.15, -0.1) is 11.3 Å². The second-order valence-corrected chi connectivity index (χ2v) is 4.33. The van der Waals surface area contributed by atoms with Gasteiger partial charge in [-0.1, -0.05) is 0 Å². The van der Waals surface area contributed by atoms with Crippen LogP contribution in [0.2, 0.25) is 0 Å². The van der Waals surface area contributed by atoms with Crippen LogP contribution < -0.4 is 11.5 Å². The van der Waals surface area contributed by atoms with E-state index in [9.17, 15) is 4.79 Å². The highest BCUT2D eigenvalue weighted by Gasteiger charge is 2.11. The van der Waals surface area contributed by atoms with Gasteiger partial charge in [0.25, 0.3) is 0 Å². The van der Waals surface area contributed by atoms with E-state index in [0.29, 0.717) is 16.9 Å². The van der Waals surface area contributed by atoms with Crippen molar-refractivity contribution in [3.8, 4) is 0 Å². The average Bonchev–Trinajstić information content (AvgIpc) is 2.78. The van der Waals surface area contributed by atoms with Crippen LogP contribution in [0.5, 0.6) is 0 Å². The van der Waals surface area contributed by atoms with Gasteiger partial charge in [-0.25, -0.2) is 9.78 Å². The summed E-state index contributed by atoms with van der Waals surface area (Å²) < 4.78 is 5.08. The van der Waals surface area contributed by atoms with Crippen molar-refractivity contribution in [2.45, 2.75) is 6.61 Å². The lowest BCUT2D eigenvalue weighted by Gasteiger charge is -2.06. The summed E-state index contributed by atoms with van der Waals surface area (Å²) >= 11 is 1.43. The first kappa shape index (κ1) is 11.4. The summed E-state index contributed by atoms with van der Waals surface area (Å²) in [6.45, 7) is 0.153. The van der Waals surface area contributed by atoms with Gasteiger partial charge in [-0.2, -0.15) is 0 Å². The van der Waals surface area contributed by atoms with Crippen molar-refractivity contribution in [2.75, 3.05) is 11.5 Å². The number of rotatable bonds is 3. The van der Waals surface area contributed by atoms with Crippen molar-refractivity contribution in [3.05, 3.63) is 40.3 Å². The zero-order valence-corrected chi connectivity index (χ0v) is 9.74. The van der Waals surface area contributed by atoms with Crippen LogP contribution in [0, 0.1) is 0 Å². The Labute approximate surface area is 102 Å². The van der Waals surface area contributed by atoms with E-state index < -0.39 is 5.97 Å². The Morgan fingerprint density at radius 1 is 1.41 bits per heavy atom. The van der Waals surface area contributed by atoms with E-state index in [1.165, 1.54) is 17.4 Å². The number of benzene rings is 1. The first-order chi connectivity index (χ1) is 8.16. The van der Waals surface area contributed by atoms with E-state index in [0.717, 1.165) is 5.01 Å². The smallest absolute Gasteiger partial charge is 0.340 e. The zero-order chi connectivity index (χ0) is 12.3. The third-order valence-corrected chi connectivity index (χ3v) is 2.86. The highest BCUT2D eigenvalue weighted by molar-refractivity contribution is 7.09. The number of carbonyl (C=O) groups is 1. The highest BCUT2D eigenvalue weighted by Crippen LogP contribution is 2.17. The number of carbonyl (C=O) groups excluding carboxylic acids is 1. The molecule has 0 saturated carbocycles. The zero-order valence-electron chi connectivity index (χ0n) is 8.92. The van der Waals surface area contributed by atoms with Crippen LogP contribution in [0.15, 0.2) is 29.8 Å². The first-order valence-corrected chi connectivity index (χ1v) is 5.75. The molecule has 4 N–H and O–H groups in total. The molecular formula is C11H11N3O2S. The Bertz CT molecular complexity index is 526. The molecule has 0 radical (unpaired) electrons. The number of hydrogen-bond acceptors (Lipinski definition) is 6. The minimum atomic E-state index is -0.474. The molecule has 6 heteroatoms. The molecule has 0 unspecified atom stereocenters. The molecule has 5 nitrogen and oxygen atoms in total. The van der Waals surface area contributed by atoms with Gasteiger partial charge in [0, 0.05) is 23.0 Å². The van der Waals surface area contributed by atoms with E-state index in [2.05, 4.69) is 4.98 Å². The quantitative estimate of drug-likeness (QED) is 0.637. The van der Waals surface area contributed by atoms with Crippen molar-refractivity contribution in [2.24, 2.45) is 0 Å². The molecule has 0 aliphatic rings. The van der Waals surface area contributed by atoms with E-state index in [1.807, 2.05) is 5.38 Å². The largest absolute Gasteiger partial charge is 0.455 e. The van der Waals surface area contributed by atoms with E-state index in [-0.39, 0.29) is 6.61 Å². The van der Waals surface area contributed by atoms with Gasteiger partial charge in [-0.05, 0) is 18.2 Å². The number of hydrogen-bond donors (Lipinski definition) is 2. The predicted octanol–water partition coefficient (Wildman–Crippen LogP) is 1.66. The molecule has 88 valence electrons. The van der Waals surface area contributed by atoms with Gasteiger partial charge in [-0.3, -0.25) is 0 Å². The second kappa shape index (κ2) is 4.84. The lowest BCUT2D eigenvalue weighted by atomic mass is 10.1. The number of nitrogens with two attached hydrogens (primary N) is 2. The molecule has 0 bridgehead atoms. The lowest BCUT2D eigenvalue weighted by Crippen LogP contribution is -2.08. The lowest BCUT2D eigenvalue weighted by molar-refractivity contribution is 0.0474. The fourth-order valence-electron chi connectivity index (χ4n) is 1.30. The minimum absolute atomic E-state index is 0.153. The summed E-state index contributed by atoms with van der Waals surface area (Å²) in [5.74, 6) is -0.474. The molecule has 1 heterocycles. The Balaban J connectivity index is 2.04. The van der Waals surface area contributed by atoms with Gasteiger partial charge >= 0.3 is 5.97 Å². The average molecular weight is 249 g/mol. The summed E-state index contributed by atoms with van der Waals surface area (Å²) in [4.78, 5) is 15.7. The van der Waals surface area contributed by atoms with Gasteiger partial charge < -0.3 is 16.2 Å². The highest BCUT2D eigenvalue weighted by atomic mass is 32.1. The molecule has 0 fully saturated rings. The first-order valence-electron chi connectivity index (χ1n) is 4.87. The second-order valence-electron chi connectivity index (χ2n) is 3.35. The molecule has 17 heavy (non-hydrogen) atoms. The SMILES string of the molecule is Nc1ccc(C(=O)OCc2nccs2)c(N)c1. The van der Waals surface area contributed by atoms with Crippen LogP contribution in [-0.2, 0) is 11.3 Å². The van der Waals surface area contributed by atoms with Gasteiger partial charge in [0.05, 0.1) is 5.56 Å². The summed E-state index contributed by atoms with van der Waals surface area (Å²) in [5.41, 5.74) is 12.4. The number of thiazole rings is 1. The normalized spacial score (nSPS) is 10.1. The fourth-order valence-corrected chi connectivity index (χ4v) is 1.82. The minimum Gasteiger partial charge on any atom is -0.455 e. The van der Waals surface area contributed by atoms with Crippen LogP contribution in [0.1, 0.15) is 15.4 Å². The molecule has 0 saturated heterocycles. The number of nitrogen functional groups attached to an aromatic ring is 2. The molecular weight excluding hydrogens is 238 g/mol. The van der Waals surface area contributed by atoms with Gasteiger partial charge in [0.2, 0.25) is 0 Å². The Hall–Kier alpha value is -2.08. The van der Waals surface area contributed by atoms with E-state index >= 15 is 0 Å². The van der Waals surface area contributed by atoms with Crippen LogP contribution in [0.25, 0.3) is 0 Å². The maximum Gasteiger partial charge on any atom is 0.340 e. The fraction of sp³-hybridized carbons (Fsp3) is 0.0909. The Morgan fingerprint density at radius 3 is 2.88 bits per heavy atom. The number of aromatic nitrogens is 1. The molecule has 2 aromatic rings. The Morgan fingerprint density at radius 2 is 2.24 bits per heavy atom. The molecule has 0 amide bonds. The topological polar surface area (TPSA) is 91.2 Å². The van der Waals surface area contributed by atoms with Crippen molar-refractivity contribution < 1.29 is 9.53 Å². The van der Waals surface area contributed by atoms with Crippen LogP contribution in [0.3, 0.4) is 0 Å². The van der Waals surface area contributed by atoms with Crippen molar-refractivity contribution in [1.29, 1.82) is 0 Å². The molecule has 1 aromatic carbocycles. The van der Waals surface area contributed by atoms with Crippen LogP contribution in [0.4, 0.5) is 11.4 Å². The number of ether oxygens (including phenoxy) is 1. The van der Waals surface area contributed by atoms with Crippen molar-refractivity contribution >= 4 is 28.7 Å². The predicted molar refractivity (Wildman–Crippen MR) is 66.5 cm³/mol. The number of esters is 1. The maximum absolute atomic E-state index is 11.7. The van der Waals surface area contributed by atoms with Crippen LogP contribution in [-0.4, -0.2) is 11.0 Å². The van der Waals surface area contributed by atoms with E-state index in [1.54, 1.807) is 18.3 Å². The molecule has 0 aliphatic carbocycles.